The van der Waals surface area contributed by atoms with E-state index in [9.17, 15) is 9.90 Å². The van der Waals surface area contributed by atoms with Crippen LogP contribution in [0, 0.1) is 0 Å². The van der Waals surface area contributed by atoms with E-state index in [1.165, 1.54) is 12.1 Å². The largest absolute Gasteiger partial charge is 0.504 e. The van der Waals surface area contributed by atoms with Gasteiger partial charge in [-0.2, -0.15) is 0 Å². The normalized spacial score (nSPS) is 10.1. The zero-order valence-corrected chi connectivity index (χ0v) is 8.81. The molecule has 0 aliphatic heterocycles. The molecule has 0 heterocycles. The Labute approximate surface area is 93.4 Å². The summed E-state index contributed by atoms with van der Waals surface area (Å²) in [7, 11) is 0. The number of hydrogen-bond donors (Lipinski definition) is 4. The quantitative estimate of drug-likeness (QED) is 0.536. The molecule has 0 unspecified atom stereocenters. The number of carbonyl (C=O) groups is 1. The maximum Gasteiger partial charge on any atom is 0.220 e. The van der Waals surface area contributed by atoms with Gasteiger partial charge in [0.1, 0.15) is 0 Å². The highest BCUT2D eigenvalue weighted by Gasteiger charge is 2.04. The number of aryl methyl sites for hydroxylation is 1. The lowest BCUT2D eigenvalue weighted by Crippen LogP contribution is -2.26. The molecule has 5 nitrogen and oxygen atoms in total. The van der Waals surface area contributed by atoms with Crippen LogP contribution in [0.15, 0.2) is 18.2 Å². The molecule has 1 aromatic rings. The molecule has 0 radical (unpaired) electrons. The van der Waals surface area contributed by atoms with Crippen molar-refractivity contribution >= 4 is 5.91 Å². The predicted octanol–water partition coefficient (Wildman–Crippen LogP) is 0.139. The van der Waals surface area contributed by atoms with Gasteiger partial charge in [0.05, 0.1) is 6.61 Å². The van der Waals surface area contributed by atoms with E-state index in [1.54, 1.807) is 6.07 Å². The first-order chi connectivity index (χ1) is 7.63. The number of rotatable bonds is 5. The van der Waals surface area contributed by atoms with Gasteiger partial charge in [-0.25, -0.2) is 0 Å². The molecule has 1 aromatic carbocycles. The highest BCUT2D eigenvalue weighted by molar-refractivity contribution is 5.76. The summed E-state index contributed by atoms with van der Waals surface area (Å²) in [6.07, 6.45) is 0.759. The van der Waals surface area contributed by atoms with Crippen molar-refractivity contribution < 1.29 is 20.1 Å². The predicted molar refractivity (Wildman–Crippen MR) is 58.2 cm³/mol. The van der Waals surface area contributed by atoms with Gasteiger partial charge in [0.15, 0.2) is 11.5 Å². The number of hydrogen-bond acceptors (Lipinski definition) is 4. The van der Waals surface area contributed by atoms with Crippen molar-refractivity contribution in [3.63, 3.8) is 0 Å². The van der Waals surface area contributed by atoms with E-state index in [0.29, 0.717) is 6.42 Å². The Morgan fingerprint density at radius 1 is 1.25 bits per heavy atom. The van der Waals surface area contributed by atoms with E-state index in [-0.39, 0.29) is 37.0 Å². The maximum atomic E-state index is 11.2. The minimum Gasteiger partial charge on any atom is -0.504 e. The molecule has 16 heavy (non-hydrogen) atoms. The number of nitrogens with one attached hydrogen (secondary N) is 1. The Bertz CT molecular complexity index is 365. The zero-order chi connectivity index (χ0) is 12.0. The Morgan fingerprint density at radius 2 is 2.00 bits per heavy atom. The van der Waals surface area contributed by atoms with Gasteiger partial charge in [0, 0.05) is 13.0 Å². The summed E-state index contributed by atoms with van der Waals surface area (Å²) in [5, 5.41) is 29.3. The average Bonchev–Trinajstić information content (AvgIpc) is 2.28. The molecule has 5 heteroatoms. The molecule has 1 amide bonds. The lowest BCUT2D eigenvalue weighted by atomic mass is 10.1. The van der Waals surface area contributed by atoms with Crippen LogP contribution >= 0.6 is 0 Å². The van der Waals surface area contributed by atoms with Gasteiger partial charge >= 0.3 is 0 Å². The van der Waals surface area contributed by atoms with Crippen LogP contribution in [-0.4, -0.2) is 34.4 Å². The SMILES string of the molecule is O=C(CCc1ccc(O)c(O)c1)NCCO. The molecule has 0 saturated heterocycles. The first-order valence-electron chi connectivity index (χ1n) is 5.02. The van der Waals surface area contributed by atoms with Gasteiger partial charge in [0.25, 0.3) is 0 Å². The molecule has 0 atom stereocenters. The average molecular weight is 225 g/mol. The minimum atomic E-state index is -0.187. The topological polar surface area (TPSA) is 89.8 Å². The summed E-state index contributed by atoms with van der Waals surface area (Å²) in [4.78, 5) is 11.2. The molecule has 0 spiro atoms. The summed E-state index contributed by atoms with van der Waals surface area (Å²) >= 11 is 0. The van der Waals surface area contributed by atoms with Crippen LogP contribution in [0.4, 0.5) is 0 Å². The van der Waals surface area contributed by atoms with Crippen molar-refractivity contribution in [2.24, 2.45) is 0 Å². The maximum absolute atomic E-state index is 11.2. The third-order valence-electron chi connectivity index (χ3n) is 2.11. The monoisotopic (exact) mass is 225 g/mol. The zero-order valence-electron chi connectivity index (χ0n) is 8.81. The number of aromatic hydroxyl groups is 2. The van der Waals surface area contributed by atoms with Gasteiger partial charge in [-0.3, -0.25) is 4.79 Å². The number of phenols is 2. The number of aliphatic hydroxyl groups excluding tert-OH is 1. The number of carbonyl (C=O) groups excluding carboxylic acids is 1. The molecule has 88 valence electrons. The minimum absolute atomic E-state index is 0.0776. The molecule has 0 aliphatic rings. The van der Waals surface area contributed by atoms with Gasteiger partial charge < -0.3 is 20.6 Å². The first kappa shape index (κ1) is 12.3. The van der Waals surface area contributed by atoms with Crippen molar-refractivity contribution in [3.8, 4) is 11.5 Å². The van der Waals surface area contributed by atoms with Crippen LogP contribution in [-0.2, 0) is 11.2 Å². The second kappa shape index (κ2) is 5.97. The van der Waals surface area contributed by atoms with Crippen molar-refractivity contribution in [1.29, 1.82) is 0 Å². The van der Waals surface area contributed by atoms with Crippen LogP contribution < -0.4 is 5.32 Å². The molecule has 0 fully saturated rings. The van der Waals surface area contributed by atoms with Crippen LogP contribution in [0.3, 0.4) is 0 Å². The summed E-state index contributed by atoms with van der Waals surface area (Å²) in [5.41, 5.74) is 0.773. The van der Waals surface area contributed by atoms with E-state index >= 15 is 0 Å². The van der Waals surface area contributed by atoms with E-state index in [0.717, 1.165) is 5.56 Å². The smallest absolute Gasteiger partial charge is 0.220 e. The fourth-order valence-electron chi connectivity index (χ4n) is 1.27. The molecule has 0 saturated carbocycles. The van der Waals surface area contributed by atoms with Gasteiger partial charge in [-0.15, -0.1) is 0 Å². The highest BCUT2D eigenvalue weighted by Crippen LogP contribution is 2.25. The van der Waals surface area contributed by atoms with Crippen molar-refractivity contribution in [2.75, 3.05) is 13.2 Å². The fraction of sp³-hybridized carbons (Fsp3) is 0.364. The molecule has 0 bridgehead atoms. The van der Waals surface area contributed by atoms with E-state index in [2.05, 4.69) is 5.32 Å². The van der Waals surface area contributed by atoms with Gasteiger partial charge in [0.2, 0.25) is 5.91 Å². The molecular formula is C11H15NO4. The molecule has 1 rings (SSSR count). The highest BCUT2D eigenvalue weighted by atomic mass is 16.3. The number of aliphatic hydroxyl groups is 1. The van der Waals surface area contributed by atoms with Crippen LogP contribution in [0.25, 0.3) is 0 Å². The summed E-state index contributed by atoms with van der Waals surface area (Å²) in [6, 6.07) is 4.46. The molecular weight excluding hydrogens is 210 g/mol. The van der Waals surface area contributed by atoms with E-state index < -0.39 is 0 Å². The third-order valence-corrected chi connectivity index (χ3v) is 2.11. The van der Waals surface area contributed by atoms with Gasteiger partial charge in [-0.1, -0.05) is 6.07 Å². The Kier molecular flexibility index (Phi) is 4.60. The lowest BCUT2D eigenvalue weighted by molar-refractivity contribution is -0.121. The van der Waals surface area contributed by atoms with E-state index in [4.69, 9.17) is 10.2 Å². The van der Waals surface area contributed by atoms with Crippen LogP contribution in [0.2, 0.25) is 0 Å². The molecule has 0 aliphatic carbocycles. The third kappa shape index (κ3) is 3.78. The first-order valence-corrected chi connectivity index (χ1v) is 5.02. The van der Waals surface area contributed by atoms with Crippen molar-refractivity contribution in [3.05, 3.63) is 23.8 Å². The van der Waals surface area contributed by atoms with Crippen molar-refractivity contribution in [2.45, 2.75) is 12.8 Å². The Balaban J connectivity index is 2.42. The summed E-state index contributed by atoms with van der Waals surface area (Å²) in [6.45, 7) is 0.172. The van der Waals surface area contributed by atoms with Crippen molar-refractivity contribution in [1.82, 2.24) is 5.32 Å². The van der Waals surface area contributed by atoms with Crippen LogP contribution in [0.1, 0.15) is 12.0 Å². The molecule has 0 aromatic heterocycles. The fourth-order valence-corrected chi connectivity index (χ4v) is 1.27. The Hall–Kier alpha value is -1.75. The number of amides is 1. The van der Waals surface area contributed by atoms with Crippen LogP contribution in [0.5, 0.6) is 11.5 Å². The number of benzene rings is 1. The lowest BCUT2D eigenvalue weighted by Gasteiger charge is -2.04. The number of phenolic OH excluding ortho intramolecular Hbond substituents is 2. The second-order valence-electron chi connectivity index (χ2n) is 3.40. The second-order valence-corrected chi connectivity index (χ2v) is 3.40. The summed E-state index contributed by atoms with van der Waals surface area (Å²) in [5.74, 6) is -0.511. The standard InChI is InChI=1S/C11H15NO4/c13-6-5-12-11(16)4-2-8-1-3-9(14)10(15)7-8/h1,3,7,13-15H,2,4-6H2,(H,12,16). The van der Waals surface area contributed by atoms with Gasteiger partial charge in [-0.05, 0) is 24.1 Å². The molecule has 4 N–H and O–H groups in total. The summed E-state index contributed by atoms with van der Waals surface area (Å²) < 4.78 is 0. The Morgan fingerprint density at radius 3 is 2.62 bits per heavy atom. The van der Waals surface area contributed by atoms with E-state index in [1.807, 2.05) is 0 Å².